The van der Waals surface area contributed by atoms with Crippen LogP contribution in [0.5, 0.6) is 0 Å². The topological polar surface area (TPSA) is 237 Å². The highest BCUT2D eigenvalue weighted by Gasteiger charge is 2.30. The first-order valence-corrected chi connectivity index (χ1v) is 43.0. The highest BCUT2D eigenvalue weighted by atomic mass is 31.2. The zero-order valence-corrected chi connectivity index (χ0v) is 67.3. The third-order valence-electron chi connectivity index (χ3n) is 15.9. The summed E-state index contributed by atoms with van der Waals surface area (Å²) in [7, 11) is -10.0. The van der Waals surface area contributed by atoms with Crippen molar-refractivity contribution in [1.29, 1.82) is 0 Å². The average molecular weight is 1520 g/mol. The van der Waals surface area contributed by atoms with E-state index in [9.17, 15) is 43.2 Å². The summed E-state index contributed by atoms with van der Waals surface area (Å²) in [5.41, 5.74) is 0. The van der Waals surface area contributed by atoms with Crippen LogP contribution in [0.3, 0.4) is 0 Å². The molecule has 17 nitrogen and oxygen atoms in total. The van der Waals surface area contributed by atoms with Crippen LogP contribution in [0.2, 0.25) is 0 Å². The van der Waals surface area contributed by atoms with Gasteiger partial charge in [0.25, 0.3) is 0 Å². The molecule has 0 fully saturated rings. The van der Waals surface area contributed by atoms with Crippen molar-refractivity contribution >= 4 is 39.5 Å². The van der Waals surface area contributed by atoms with Crippen LogP contribution in [0.4, 0.5) is 0 Å². The normalized spacial score (nSPS) is 14.8. The van der Waals surface area contributed by atoms with Crippen molar-refractivity contribution in [3.8, 4) is 0 Å². The lowest BCUT2D eigenvalue weighted by Crippen LogP contribution is -2.30. The standard InChI is InChI=1S/C87H140O17P2/c1-5-9-13-17-21-25-29-33-37-39-40-42-46-48-52-56-60-64-68-72-85(90)98-78-83(104-87(92)74-70-66-62-58-54-50-44-36-32-28-24-20-16-12-8-4)80-102-106(95,96)100-76-81(88)75-99-105(93,94)101-79-82(103-86(91)73-69-65-61-57-53-49-43-35-31-27-23-19-15-11-7-3)77-97-84(89)71-67-63-59-55-51-47-45-41-38-34-30-26-22-18-14-10-6-2/h9-11,13-15,21-23,25-27,33-38,40,42-45,47-48,52-53,57,65,69,81-83,88H,5-8,12,16-20,24,28-32,39,41,46,49-51,54-56,58-64,66-68,70-80H2,1-4H3,(H,93,94)(H,95,96)/b13-9-,14-10-,15-11-,25-21-,26-22-,27-23-,37-33-,38-34-,42-40-,43-35-,44-36-,47-45-,52-48-,57-53-,69-65-. The molecule has 0 aliphatic heterocycles. The molecule has 0 spiro atoms. The summed E-state index contributed by atoms with van der Waals surface area (Å²) in [6, 6.07) is 0. The minimum absolute atomic E-state index is 0.0682. The van der Waals surface area contributed by atoms with E-state index < -0.39 is 97.5 Å². The molecule has 5 atom stereocenters. The van der Waals surface area contributed by atoms with Crippen molar-refractivity contribution < 1.29 is 80.2 Å². The molecule has 0 saturated heterocycles. The number of hydrogen-bond acceptors (Lipinski definition) is 15. The summed E-state index contributed by atoms with van der Waals surface area (Å²) in [6.07, 6.45) is 93.3. The number of unbranched alkanes of at least 4 members (excludes halogenated alkanes) is 18. The van der Waals surface area contributed by atoms with Gasteiger partial charge in [-0.25, -0.2) is 9.13 Å². The molecule has 0 radical (unpaired) electrons. The summed E-state index contributed by atoms with van der Waals surface area (Å²) < 4.78 is 68.4. The number of phosphoric ester groups is 2. The van der Waals surface area contributed by atoms with E-state index in [4.69, 9.17) is 37.0 Å². The molecule has 0 heterocycles. The van der Waals surface area contributed by atoms with Crippen LogP contribution in [-0.4, -0.2) is 96.7 Å². The first kappa shape index (κ1) is 100. The van der Waals surface area contributed by atoms with Gasteiger partial charge in [0, 0.05) is 19.3 Å². The number of phosphoric acid groups is 2. The van der Waals surface area contributed by atoms with E-state index in [1.165, 1.54) is 38.5 Å². The van der Waals surface area contributed by atoms with Gasteiger partial charge in [0.05, 0.1) is 32.8 Å². The average Bonchev–Trinajstić information content (AvgIpc) is 0.909. The van der Waals surface area contributed by atoms with E-state index in [0.717, 1.165) is 167 Å². The van der Waals surface area contributed by atoms with Crippen LogP contribution in [-0.2, 0) is 65.4 Å². The van der Waals surface area contributed by atoms with Crippen molar-refractivity contribution in [2.75, 3.05) is 39.6 Å². The fourth-order valence-corrected chi connectivity index (χ4v) is 11.5. The van der Waals surface area contributed by atoms with E-state index in [0.29, 0.717) is 25.7 Å². The minimum atomic E-state index is -5.02. The second-order valence-electron chi connectivity index (χ2n) is 25.9. The number of carbonyl (C=O) groups is 4. The van der Waals surface area contributed by atoms with E-state index in [1.807, 2.05) is 12.2 Å². The smallest absolute Gasteiger partial charge is 0.462 e. The monoisotopic (exact) mass is 1520 g/mol. The largest absolute Gasteiger partial charge is 0.472 e. The molecule has 0 saturated carbocycles. The quantitative estimate of drug-likeness (QED) is 0.0169. The molecule has 0 aromatic rings. The molecule has 0 amide bonds. The van der Waals surface area contributed by atoms with Crippen LogP contribution in [0, 0.1) is 0 Å². The summed E-state index contributed by atoms with van der Waals surface area (Å²) in [5, 5.41) is 10.6. The molecule has 600 valence electrons. The highest BCUT2D eigenvalue weighted by molar-refractivity contribution is 7.47. The summed E-state index contributed by atoms with van der Waals surface area (Å²) >= 11 is 0. The highest BCUT2D eigenvalue weighted by Crippen LogP contribution is 2.45. The lowest BCUT2D eigenvalue weighted by molar-refractivity contribution is -0.161. The van der Waals surface area contributed by atoms with Gasteiger partial charge in [-0.1, -0.05) is 281 Å². The predicted octanol–water partition coefficient (Wildman–Crippen LogP) is 23.6. The van der Waals surface area contributed by atoms with E-state index in [1.54, 1.807) is 12.2 Å². The third-order valence-corrected chi connectivity index (χ3v) is 17.8. The Balaban J connectivity index is 5.50. The number of aliphatic hydroxyl groups excluding tert-OH is 1. The first-order valence-electron chi connectivity index (χ1n) is 40.0. The number of allylic oxidation sites excluding steroid dienone is 29. The van der Waals surface area contributed by atoms with Crippen molar-refractivity contribution in [2.45, 2.75) is 303 Å². The maximum Gasteiger partial charge on any atom is 0.472 e. The third kappa shape index (κ3) is 76.4. The molecule has 106 heavy (non-hydrogen) atoms. The zero-order chi connectivity index (χ0) is 77.4. The molecule has 0 aromatic carbocycles. The van der Waals surface area contributed by atoms with Gasteiger partial charge in [0.15, 0.2) is 12.2 Å². The molecule has 0 bridgehead atoms. The second kappa shape index (κ2) is 77.3. The van der Waals surface area contributed by atoms with Crippen molar-refractivity contribution in [3.05, 3.63) is 182 Å². The minimum Gasteiger partial charge on any atom is -0.462 e. The number of esters is 4. The molecule has 3 N–H and O–H groups in total. The zero-order valence-electron chi connectivity index (χ0n) is 65.5. The second-order valence-corrected chi connectivity index (χ2v) is 28.8. The Bertz CT molecular complexity index is 2730. The fourth-order valence-electron chi connectivity index (χ4n) is 9.89. The van der Waals surface area contributed by atoms with Crippen molar-refractivity contribution in [1.82, 2.24) is 0 Å². The molecule has 0 aliphatic rings. The van der Waals surface area contributed by atoms with Crippen LogP contribution in [0.1, 0.15) is 285 Å². The molecule has 0 aliphatic carbocycles. The van der Waals surface area contributed by atoms with Crippen LogP contribution >= 0.6 is 15.6 Å². The van der Waals surface area contributed by atoms with Gasteiger partial charge < -0.3 is 33.8 Å². The van der Waals surface area contributed by atoms with Gasteiger partial charge >= 0.3 is 39.5 Å². The Morgan fingerprint density at radius 3 is 0.858 bits per heavy atom. The van der Waals surface area contributed by atoms with E-state index in [-0.39, 0.29) is 25.7 Å². The predicted molar refractivity (Wildman–Crippen MR) is 436 cm³/mol. The van der Waals surface area contributed by atoms with Gasteiger partial charge in [-0.2, -0.15) is 0 Å². The van der Waals surface area contributed by atoms with Crippen LogP contribution in [0.25, 0.3) is 0 Å². The Morgan fingerprint density at radius 1 is 0.283 bits per heavy atom. The summed E-state index contributed by atoms with van der Waals surface area (Å²) in [6.45, 7) is 4.32. The lowest BCUT2D eigenvalue weighted by atomic mass is 10.1. The lowest BCUT2D eigenvalue weighted by Gasteiger charge is -2.21. The Labute approximate surface area is 641 Å². The fraction of sp³-hybridized carbons (Fsp3) is 0.609. The SMILES string of the molecule is CC/C=C\C/C=C\C/C=C\C/C=C\C/C=C\CCCCCC(=O)OCC(COP(=O)(O)OCC(O)COP(=O)(O)OCC(COC(=O)CCCCCC/C=C\C/C=C\C/C=C\C/C=C\CC)OC(=O)C/C=C\C/C=C\C/C=C\C/C=C\C/C=C\CC)OC(=O)CCCCCCC/C=C\CCCCCCCC. The molecular formula is C87H140O17P2. The number of aliphatic hydroxyl groups is 1. The van der Waals surface area contributed by atoms with Gasteiger partial charge in [-0.05, 0) is 161 Å². The Kier molecular flexibility index (Phi) is 73.1. The Hall–Kier alpha value is -5.84. The van der Waals surface area contributed by atoms with Gasteiger partial charge in [-0.3, -0.25) is 37.3 Å². The van der Waals surface area contributed by atoms with Crippen LogP contribution < -0.4 is 0 Å². The molecule has 0 rings (SSSR count). The summed E-state index contributed by atoms with van der Waals surface area (Å²) in [4.78, 5) is 73.0. The maximum absolute atomic E-state index is 13.1. The molecule has 5 unspecified atom stereocenters. The number of carbonyl (C=O) groups excluding carboxylic acids is 4. The van der Waals surface area contributed by atoms with E-state index in [2.05, 4.69) is 186 Å². The molecule has 0 aromatic heterocycles. The number of ether oxygens (including phenoxy) is 4. The number of rotatable bonds is 73. The summed E-state index contributed by atoms with van der Waals surface area (Å²) in [5.74, 6) is -2.41. The van der Waals surface area contributed by atoms with Crippen molar-refractivity contribution in [2.24, 2.45) is 0 Å². The maximum atomic E-state index is 13.1. The van der Waals surface area contributed by atoms with Gasteiger partial charge in [-0.15, -0.1) is 0 Å². The molecular weight excluding hydrogens is 1380 g/mol. The number of hydrogen-bond donors (Lipinski definition) is 3. The van der Waals surface area contributed by atoms with Crippen LogP contribution in [0.15, 0.2) is 182 Å². The molecule has 19 heteroatoms. The first-order chi connectivity index (χ1) is 51.7. The van der Waals surface area contributed by atoms with Gasteiger partial charge in [0.1, 0.15) is 19.3 Å². The van der Waals surface area contributed by atoms with Gasteiger partial charge in [0.2, 0.25) is 0 Å². The van der Waals surface area contributed by atoms with E-state index >= 15 is 0 Å². The van der Waals surface area contributed by atoms with Crippen molar-refractivity contribution in [3.63, 3.8) is 0 Å². The Morgan fingerprint density at radius 2 is 0.528 bits per heavy atom.